The van der Waals surface area contributed by atoms with Crippen LogP contribution in [0.1, 0.15) is 44.1 Å². The molecule has 1 atom stereocenters. The summed E-state index contributed by atoms with van der Waals surface area (Å²) in [5, 5.41) is 12.2. The van der Waals surface area contributed by atoms with Crippen LogP contribution in [0, 0.1) is 26.7 Å². The molecule has 0 aliphatic carbocycles. The first-order valence-corrected chi connectivity index (χ1v) is 14.8. The Balaban J connectivity index is 1.79. The molecule has 0 amide bonds. The van der Waals surface area contributed by atoms with Crippen LogP contribution in [0.15, 0.2) is 63.6 Å². The molecule has 194 valence electrons. The van der Waals surface area contributed by atoms with Crippen LogP contribution in [-0.2, 0) is 10.0 Å². The lowest BCUT2D eigenvalue weighted by Crippen LogP contribution is -2.35. The van der Waals surface area contributed by atoms with Gasteiger partial charge in [0.15, 0.2) is 5.16 Å². The van der Waals surface area contributed by atoms with E-state index in [9.17, 15) is 8.42 Å². The zero-order valence-corrected chi connectivity index (χ0v) is 23.8. The van der Waals surface area contributed by atoms with Crippen LogP contribution in [0.3, 0.4) is 0 Å². The van der Waals surface area contributed by atoms with E-state index in [0.717, 1.165) is 28.6 Å². The minimum absolute atomic E-state index is 0.277. The maximum absolute atomic E-state index is 13.7. The summed E-state index contributed by atoms with van der Waals surface area (Å²) >= 11 is 1.38. The monoisotopic (exact) mass is 535 g/mol. The van der Waals surface area contributed by atoms with Gasteiger partial charge in [-0.1, -0.05) is 63.6 Å². The molecular formula is C28H33N5O2S2. The zero-order chi connectivity index (χ0) is 26.7. The average Bonchev–Trinajstić information content (AvgIpc) is 2.87. The fourth-order valence-corrected chi connectivity index (χ4v) is 6.97. The fraction of sp³-hybridized carbons (Fsp3) is 0.357. The van der Waals surface area contributed by atoms with E-state index < -0.39 is 10.0 Å². The minimum Gasteiger partial charge on any atom is -0.228 e. The third kappa shape index (κ3) is 5.84. The lowest BCUT2D eigenvalue weighted by atomic mass is 10.0. The molecule has 2 aromatic heterocycles. The molecule has 0 bridgehead atoms. The van der Waals surface area contributed by atoms with Gasteiger partial charge in [0, 0.05) is 40.8 Å². The Bertz CT molecular complexity index is 1520. The van der Waals surface area contributed by atoms with E-state index in [-0.39, 0.29) is 5.92 Å². The summed E-state index contributed by atoms with van der Waals surface area (Å²) in [6.07, 6.45) is 0.921. The summed E-state index contributed by atoms with van der Waals surface area (Å²) in [4.78, 5) is 9.37. The molecule has 37 heavy (non-hydrogen) atoms. The van der Waals surface area contributed by atoms with Crippen LogP contribution < -0.4 is 0 Å². The van der Waals surface area contributed by atoms with Gasteiger partial charge in [0.25, 0.3) is 0 Å². The molecular weight excluding hydrogens is 502 g/mol. The van der Waals surface area contributed by atoms with Gasteiger partial charge in [0.05, 0.1) is 4.90 Å². The molecule has 1 unspecified atom stereocenters. The van der Waals surface area contributed by atoms with Crippen molar-refractivity contribution in [1.82, 2.24) is 24.5 Å². The normalized spacial score (nSPS) is 12.8. The highest BCUT2D eigenvalue weighted by atomic mass is 32.2. The fourth-order valence-electron chi connectivity index (χ4n) is 4.23. The largest absolute Gasteiger partial charge is 0.243 e. The van der Waals surface area contributed by atoms with Crippen LogP contribution >= 0.6 is 11.8 Å². The van der Waals surface area contributed by atoms with Crippen molar-refractivity contribution in [1.29, 1.82) is 0 Å². The van der Waals surface area contributed by atoms with Crippen LogP contribution in [0.2, 0.25) is 0 Å². The topological polar surface area (TPSA) is 88.9 Å². The van der Waals surface area contributed by atoms with Crippen molar-refractivity contribution in [3.63, 3.8) is 0 Å². The summed E-state index contributed by atoms with van der Waals surface area (Å²) in [7, 11) is -3.66. The number of hydrogen-bond acceptors (Lipinski definition) is 7. The van der Waals surface area contributed by atoms with Gasteiger partial charge in [0.1, 0.15) is 10.7 Å². The smallest absolute Gasteiger partial charge is 0.228 e. The maximum Gasteiger partial charge on any atom is 0.243 e. The summed E-state index contributed by atoms with van der Waals surface area (Å²) in [5.41, 5.74) is 3.86. The first-order chi connectivity index (χ1) is 17.6. The number of fused-ring (bicyclic) bond motifs is 1. The maximum atomic E-state index is 13.7. The van der Waals surface area contributed by atoms with Gasteiger partial charge in [-0.25, -0.2) is 18.4 Å². The Morgan fingerprint density at radius 1 is 0.919 bits per heavy atom. The van der Waals surface area contributed by atoms with Crippen molar-refractivity contribution in [2.45, 2.75) is 63.0 Å². The highest BCUT2D eigenvalue weighted by Crippen LogP contribution is 2.35. The first-order valence-electron chi connectivity index (χ1n) is 12.5. The quantitative estimate of drug-likeness (QED) is 0.235. The standard InChI is InChI=1S/C28H33N5O2S2/c1-7-18(3)17-33(8-2)37(34,35)25-16-22(14-13-19(25)4)26-23-11-9-10-12-24(23)27(32-31-26)36-28-29-20(5)15-21(6)30-28/h9-16,18H,7-8,17H2,1-6H3. The van der Waals surface area contributed by atoms with Gasteiger partial charge in [-0.3, -0.25) is 0 Å². The van der Waals surface area contributed by atoms with E-state index in [2.05, 4.69) is 34.0 Å². The predicted molar refractivity (Wildman–Crippen MR) is 149 cm³/mol. The molecule has 0 N–H and O–H groups in total. The third-order valence-corrected chi connectivity index (χ3v) is 9.39. The lowest BCUT2D eigenvalue weighted by molar-refractivity contribution is 0.361. The van der Waals surface area contributed by atoms with Gasteiger partial charge in [0.2, 0.25) is 10.0 Å². The van der Waals surface area contributed by atoms with E-state index in [1.165, 1.54) is 11.8 Å². The number of aromatic nitrogens is 4. The summed E-state index contributed by atoms with van der Waals surface area (Å²) in [6, 6.07) is 15.3. The van der Waals surface area contributed by atoms with Crippen molar-refractivity contribution < 1.29 is 8.42 Å². The molecule has 4 aromatic rings. The third-order valence-electron chi connectivity index (χ3n) is 6.45. The van der Waals surface area contributed by atoms with Crippen molar-refractivity contribution in [2.24, 2.45) is 5.92 Å². The Kier molecular flexibility index (Phi) is 8.26. The van der Waals surface area contributed by atoms with E-state index in [1.54, 1.807) is 10.4 Å². The van der Waals surface area contributed by atoms with Crippen LogP contribution in [0.4, 0.5) is 0 Å². The van der Waals surface area contributed by atoms with E-state index >= 15 is 0 Å². The molecule has 2 heterocycles. The van der Waals surface area contributed by atoms with Gasteiger partial charge in [-0.15, -0.1) is 10.2 Å². The molecule has 7 nitrogen and oxygen atoms in total. The highest BCUT2D eigenvalue weighted by Gasteiger charge is 2.27. The highest BCUT2D eigenvalue weighted by molar-refractivity contribution is 7.99. The molecule has 4 rings (SSSR count). The second-order valence-corrected chi connectivity index (χ2v) is 12.2. The average molecular weight is 536 g/mol. The van der Waals surface area contributed by atoms with Gasteiger partial charge < -0.3 is 0 Å². The predicted octanol–water partition coefficient (Wildman–Crippen LogP) is 6.22. The molecule has 0 fully saturated rings. The van der Waals surface area contributed by atoms with Gasteiger partial charge in [-0.2, -0.15) is 4.31 Å². The van der Waals surface area contributed by atoms with Crippen molar-refractivity contribution >= 4 is 32.6 Å². The van der Waals surface area contributed by atoms with Crippen LogP contribution in [-0.4, -0.2) is 46.0 Å². The van der Waals surface area contributed by atoms with Crippen LogP contribution in [0.25, 0.3) is 22.0 Å². The van der Waals surface area contributed by atoms with Gasteiger partial charge >= 0.3 is 0 Å². The van der Waals surface area contributed by atoms with Crippen molar-refractivity contribution in [3.8, 4) is 11.3 Å². The Labute approximate surface area is 223 Å². The molecule has 0 saturated carbocycles. The number of hydrogen-bond donors (Lipinski definition) is 0. The molecule has 0 spiro atoms. The summed E-state index contributed by atoms with van der Waals surface area (Å²) < 4.78 is 28.9. The number of nitrogens with zero attached hydrogens (tertiary/aromatic N) is 5. The molecule has 0 aliphatic rings. The lowest BCUT2D eigenvalue weighted by Gasteiger charge is -2.24. The Morgan fingerprint density at radius 3 is 2.24 bits per heavy atom. The second kappa shape index (κ2) is 11.2. The minimum atomic E-state index is -3.66. The number of sulfonamides is 1. The molecule has 9 heteroatoms. The van der Waals surface area contributed by atoms with Crippen molar-refractivity contribution in [2.75, 3.05) is 13.1 Å². The van der Waals surface area contributed by atoms with Gasteiger partial charge in [-0.05, 0) is 56.1 Å². The second-order valence-electron chi connectivity index (χ2n) is 9.38. The molecule has 0 aliphatic heterocycles. The van der Waals surface area contributed by atoms with E-state index in [0.29, 0.717) is 45.0 Å². The number of rotatable bonds is 9. The summed E-state index contributed by atoms with van der Waals surface area (Å²) in [5.74, 6) is 0.277. The van der Waals surface area contributed by atoms with Crippen LogP contribution in [0.5, 0.6) is 0 Å². The first kappa shape index (κ1) is 27.2. The van der Waals surface area contributed by atoms with E-state index in [4.69, 9.17) is 0 Å². The summed E-state index contributed by atoms with van der Waals surface area (Å²) in [6.45, 7) is 12.7. The van der Waals surface area contributed by atoms with E-state index in [1.807, 2.05) is 70.2 Å². The Morgan fingerprint density at radius 2 is 1.59 bits per heavy atom. The van der Waals surface area contributed by atoms with Crippen molar-refractivity contribution in [3.05, 3.63) is 65.5 Å². The molecule has 0 saturated heterocycles. The Hall–Kier alpha value is -2.88. The SMILES string of the molecule is CCC(C)CN(CC)S(=O)(=O)c1cc(-c2nnc(Sc3nc(C)cc(C)n3)c3ccccc23)ccc1C. The molecule has 0 radical (unpaired) electrons. The molecule has 2 aromatic carbocycles. The zero-order valence-electron chi connectivity index (χ0n) is 22.2. The number of aryl methyl sites for hydroxylation is 3. The number of benzene rings is 2.